The van der Waals surface area contributed by atoms with E-state index in [4.69, 9.17) is 17.3 Å². The quantitative estimate of drug-likeness (QED) is 0.863. The monoisotopic (exact) mass is 289 g/mol. The van der Waals surface area contributed by atoms with Gasteiger partial charge in [-0.1, -0.05) is 11.6 Å². The highest BCUT2D eigenvalue weighted by Crippen LogP contribution is 2.36. The van der Waals surface area contributed by atoms with Gasteiger partial charge >= 0.3 is 12.1 Å². The lowest BCUT2D eigenvalue weighted by Crippen LogP contribution is -2.41. The van der Waals surface area contributed by atoms with Crippen LogP contribution in [0.4, 0.5) is 22.0 Å². The van der Waals surface area contributed by atoms with E-state index in [-0.39, 0.29) is 17.3 Å². The van der Waals surface area contributed by atoms with Crippen LogP contribution in [0.25, 0.3) is 0 Å². The molecule has 0 atom stereocenters. The predicted octanol–water partition coefficient (Wildman–Crippen LogP) is 3.38. The maximum atomic E-state index is 12.6. The molecule has 0 aliphatic heterocycles. The van der Waals surface area contributed by atoms with Gasteiger partial charge in [-0.05, 0) is 23.8 Å². The molecule has 0 unspecified atom stereocenters. The van der Waals surface area contributed by atoms with Gasteiger partial charge in [-0.2, -0.15) is 22.0 Å². The number of halogens is 6. The van der Waals surface area contributed by atoms with Gasteiger partial charge in [0.2, 0.25) is 0 Å². The average molecular weight is 290 g/mol. The van der Waals surface area contributed by atoms with E-state index in [0.717, 1.165) is 6.07 Å². The van der Waals surface area contributed by atoms with Crippen LogP contribution < -0.4 is 10.5 Å². The Bertz CT molecular complexity index is 421. The van der Waals surface area contributed by atoms with Crippen LogP contribution in [0.3, 0.4) is 0 Å². The lowest BCUT2D eigenvalue weighted by atomic mass is 10.2. The zero-order valence-corrected chi connectivity index (χ0v) is 9.66. The maximum absolute atomic E-state index is 12.6. The highest BCUT2D eigenvalue weighted by atomic mass is 35.5. The van der Waals surface area contributed by atoms with Crippen molar-refractivity contribution in [3.8, 4) is 5.75 Å². The summed E-state index contributed by atoms with van der Waals surface area (Å²) in [5, 5.41) is 0.142. The van der Waals surface area contributed by atoms with Crippen LogP contribution in [0.5, 0.6) is 5.75 Å². The molecule has 102 valence electrons. The minimum absolute atomic E-state index is 0.0621. The third-order valence-corrected chi connectivity index (χ3v) is 2.22. The standard InChI is InChI=1S/C10H9ClF5NO/c11-7-1-6(4-17)2-8(3-7)18-5-9(12,13)10(14,15)16/h1-3H,4-5,17H2. The summed E-state index contributed by atoms with van der Waals surface area (Å²) in [5.74, 6) is -5.11. The molecule has 8 heteroatoms. The molecule has 0 spiro atoms. The van der Waals surface area contributed by atoms with Crippen LogP contribution in [0.1, 0.15) is 5.56 Å². The molecular formula is C10H9ClF5NO. The molecule has 0 bridgehead atoms. The minimum atomic E-state index is -5.65. The SMILES string of the molecule is NCc1cc(Cl)cc(OCC(F)(F)C(F)(F)F)c1. The summed E-state index contributed by atoms with van der Waals surface area (Å²) >= 11 is 5.62. The van der Waals surface area contributed by atoms with Gasteiger partial charge in [0, 0.05) is 11.6 Å². The Balaban J connectivity index is 2.78. The molecule has 0 heterocycles. The molecule has 1 rings (SSSR count). The van der Waals surface area contributed by atoms with Crippen LogP contribution in [0, 0.1) is 0 Å². The van der Waals surface area contributed by atoms with E-state index in [9.17, 15) is 22.0 Å². The molecule has 2 N–H and O–H groups in total. The molecule has 0 aliphatic rings. The van der Waals surface area contributed by atoms with E-state index in [1.807, 2.05) is 0 Å². The van der Waals surface area contributed by atoms with Crippen LogP contribution in [0.2, 0.25) is 5.02 Å². The molecule has 0 saturated carbocycles. The van der Waals surface area contributed by atoms with E-state index in [1.165, 1.54) is 12.1 Å². The molecule has 0 aromatic heterocycles. The van der Waals surface area contributed by atoms with Crippen molar-refractivity contribution < 1.29 is 26.7 Å². The fraction of sp³-hybridized carbons (Fsp3) is 0.400. The second-order valence-corrected chi connectivity index (χ2v) is 3.93. The number of benzene rings is 1. The molecule has 0 radical (unpaired) electrons. The second kappa shape index (κ2) is 5.27. The number of hydrogen-bond acceptors (Lipinski definition) is 2. The number of nitrogens with two attached hydrogens (primary N) is 1. The number of ether oxygens (including phenoxy) is 1. The smallest absolute Gasteiger partial charge is 0.456 e. The first-order chi connectivity index (χ1) is 8.15. The first-order valence-electron chi connectivity index (χ1n) is 4.72. The number of alkyl halides is 5. The third kappa shape index (κ3) is 3.71. The Morgan fingerprint density at radius 2 is 1.72 bits per heavy atom. The van der Waals surface area contributed by atoms with E-state index in [1.54, 1.807) is 0 Å². The molecule has 1 aromatic carbocycles. The lowest BCUT2D eigenvalue weighted by molar-refractivity contribution is -0.290. The lowest BCUT2D eigenvalue weighted by Gasteiger charge is -2.20. The Morgan fingerprint density at radius 3 is 2.22 bits per heavy atom. The Morgan fingerprint density at radius 1 is 1.11 bits per heavy atom. The van der Waals surface area contributed by atoms with Crippen molar-refractivity contribution >= 4 is 11.6 Å². The topological polar surface area (TPSA) is 35.2 Å². The first kappa shape index (κ1) is 15.0. The van der Waals surface area contributed by atoms with E-state index in [2.05, 4.69) is 4.74 Å². The molecular weight excluding hydrogens is 281 g/mol. The largest absolute Gasteiger partial charge is 0.487 e. The fourth-order valence-corrected chi connectivity index (χ4v) is 1.33. The van der Waals surface area contributed by atoms with Crippen molar-refractivity contribution in [1.82, 2.24) is 0 Å². The van der Waals surface area contributed by atoms with Crippen molar-refractivity contribution in [2.45, 2.75) is 18.6 Å². The van der Waals surface area contributed by atoms with Crippen molar-refractivity contribution in [3.05, 3.63) is 28.8 Å². The number of rotatable bonds is 4. The maximum Gasteiger partial charge on any atom is 0.456 e. The highest BCUT2D eigenvalue weighted by Gasteiger charge is 2.58. The van der Waals surface area contributed by atoms with Crippen molar-refractivity contribution in [2.24, 2.45) is 5.73 Å². The van der Waals surface area contributed by atoms with Gasteiger partial charge in [-0.3, -0.25) is 0 Å². The Hall–Kier alpha value is -1.08. The summed E-state index contributed by atoms with van der Waals surface area (Å²) in [4.78, 5) is 0. The molecule has 0 amide bonds. The Labute approximate surface area is 104 Å². The van der Waals surface area contributed by atoms with E-state index >= 15 is 0 Å². The number of hydrogen-bond donors (Lipinski definition) is 1. The first-order valence-corrected chi connectivity index (χ1v) is 5.10. The van der Waals surface area contributed by atoms with E-state index < -0.39 is 18.7 Å². The minimum Gasteiger partial charge on any atom is -0.487 e. The van der Waals surface area contributed by atoms with Gasteiger partial charge in [0.25, 0.3) is 0 Å². The third-order valence-electron chi connectivity index (χ3n) is 2.00. The van der Waals surface area contributed by atoms with Crippen LogP contribution in [0.15, 0.2) is 18.2 Å². The molecule has 1 aromatic rings. The van der Waals surface area contributed by atoms with Gasteiger partial charge in [0.15, 0.2) is 6.61 Å². The van der Waals surface area contributed by atoms with Crippen molar-refractivity contribution in [2.75, 3.05) is 6.61 Å². The molecule has 2 nitrogen and oxygen atoms in total. The van der Waals surface area contributed by atoms with Gasteiger partial charge in [0.05, 0.1) is 0 Å². The summed E-state index contributed by atoms with van der Waals surface area (Å²) < 4.78 is 65.2. The van der Waals surface area contributed by atoms with Crippen molar-refractivity contribution in [1.29, 1.82) is 0 Å². The zero-order valence-electron chi connectivity index (χ0n) is 8.90. The average Bonchev–Trinajstić information content (AvgIpc) is 2.24. The van der Waals surface area contributed by atoms with Gasteiger partial charge in [-0.15, -0.1) is 0 Å². The molecule has 0 aliphatic carbocycles. The van der Waals surface area contributed by atoms with Crippen LogP contribution in [-0.4, -0.2) is 18.7 Å². The summed E-state index contributed by atoms with van der Waals surface area (Å²) in [6.07, 6.45) is -5.65. The highest BCUT2D eigenvalue weighted by molar-refractivity contribution is 6.30. The summed E-state index contributed by atoms with van der Waals surface area (Å²) in [6.45, 7) is -1.74. The van der Waals surface area contributed by atoms with Gasteiger partial charge in [0.1, 0.15) is 5.75 Å². The van der Waals surface area contributed by atoms with Crippen LogP contribution in [-0.2, 0) is 6.54 Å². The molecule has 18 heavy (non-hydrogen) atoms. The second-order valence-electron chi connectivity index (χ2n) is 3.49. The van der Waals surface area contributed by atoms with Crippen LogP contribution >= 0.6 is 11.6 Å². The van der Waals surface area contributed by atoms with Gasteiger partial charge in [-0.25, -0.2) is 0 Å². The zero-order chi connectivity index (χ0) is 14.0. The Kier molecular flexibility index (Phi) is 4.39. The summed E-state index contributed by atoms with van der Waals surface area (Å²) in [6, 6.07) is 3.84. The molecule has 0 fully saturated rings. The normalized spacial score (nSPS) is 12.6. The van der Waals surface area contributed by atoms with Crippen molar-refractivity contribution in [3.63, 3.8) is 0 Å². The summed E-state index contributed by atoms with van der Waals surface area (Å²) in [7, 11) is 0. The van der Waals surface area contributed by atoms with Gasteiger partial charge < -0.3 is 10.5 Å². The predicted molar refractivity (Wildman–Crippen MR) is 55.8 cm³/mol. The molecule has 0 saturated heterocycles. The summed E-state index contributed by atoms with van der Waals surface area (Å²) in [5.41, 5.74) is 5.76. The fourth-order valence-electron chi connectivity index (χ4n) is 1.08. The van der Waals surface area contributed by atoms with E-state index in [0.29, 0.717) is 5.56 Å².